The first kappa shape index (κ1) is 12.8. The molecule has 0 spiro atoms. The van der Waals surface area contributed by atoms with E-state index >= 15 is 0 Å². The van der Waals surface area contributed by atoms with E-state index in [2.05, 4.69) is 4.98 Å². The number of hydrogen-bond acceptors (Lipinski definition) is 3. The van der Waals surface area contributed by atoms with Crippen molar-refractivity contribution in [2.24, 2.45) is 5.92 Å². The van der Waals surface area contributed by atoms with Crippen LogP contribution in [0.3, 0.4) is 0 Å². The molecule has 3 rings (SSSR count). The Morgan fingerprint density at radius 1 is 1.40 bits per heavy atom. The van der Waals surface area contributed by atoms with E-state index in [4.69, 9.17) is 4.74 Å². The minimum atomic E-state index is -0.272. The third-order valence-corrected chi connectivity index (χ3v) is 3.73. The van der Waals surface area contributed by atoms with Gasteiger partial charge in [-0.05, 0) is 37.1 Å². The van der Waals surface area contributed by atoms with Crippen molar-refractivity contribution in [1.82, 2.24) is 9.55 Å². The average Bonchev–Trinajstić information content (AvgIpc) is 2.90. The normalized spacial score (nSPS) is 17.6. The highest BCUT2D eigenvalue weighted by Gasteiger charge is 2.27. The highest BCUT2D eigenvalue weighted by molar-refractivity contribution is 5.72. The van der Waals surface area contributed by atoms with Crippen LogP contribution in [0.1, 0.15) is 12.1 Å². The SMILES string of the molecule is COC(=O)C1CCc2cnc(-c3ccc(F)cc3)n2C1. The molecule has 104 valence electrons. The summed E-state index contributed by atoms with van der Waals surface area (Å²) < 4.78 is 19.8. The largest absolute Gasteiger partial charge is 0.469 e. The van der Waals surface area contributed by atoms with E-state index in [0.29, 0.717) is 6.54 Å². The monoisotopic (exact) mass is 274 g/mol. The first-order chi connectivity index (χ1) is 9.69. The number of hydrogen-bond donors (Lipinski definition) is 0. The maximum Gasteiger partial charge on any atom is 0.310 e. The molecule has 0 bridgehead atoms. The van der Waals surface area contributed by atoms with Crippen LogP contribution in [0.2, 0.25) is 0 Å². The molecule has 1 aliphatic rings. The average molecular weight is 274 g/mol. The van der Waals surface area contributed by atoms with Crippen molar-refractivity contribution in [3.05, 3.63) is 42.0 Å². The van der Waals surface area contributed by atoms with Crippen molar-refractivity contribution in [1.29, 1.82) is 0 Å². The van der Waals surface area contributed by atoms with Crippen molar-refractivity contribution < 1.29 is 13.9 Å². The second kappa shape index (κ2) is 5.07. The number of carbonyl (C=O) groups is 1. The van der Waals surface area contributed by atoms with E-state index in [1.807, 2.05) is 10.8 Å². The zero-order valence-corrected chi connectivity index (χ0v) is 11.2. The predicted octanol–water partition coefficient (Wildman–Crippen LogP) is 2.42. The second-order valence-corrected chi connectivity index (χ2v) is 4.95. The molecule has 1 aromatic heterocycles. The zero-order valence-electron chi connectivity index (χ0n) is 11.2. The Balaban J connectivity index is 1.94. The fourth-order valence-electron chi connectivity index (χ4n) is 2.64. The summed E-state index contributed by atoms with van der Waals surface area (Å²) in [6.07, 6.45) is 3.40. The molecular formula is C15H15FN2O2. The number of esters is 1. The highest BCUT2D eigenvalue weighted by Crippen LogP contribution is 2.27. The van der Waals surface area contributed by atoms with Crippen LogP contribution in [0.5, 0.6) is 0 Å². The molecule has 1 aromatic carbocycles. The number of imidazole rings is 1. The minimum absolute atomic E-state index is 0.138. The van der Waals surface area contributed by atoms with Crippen LogP contribution in [-0.2, 0) is 22.5 Å². The number of rotatable bonds is 2. The van der Waals surface area contributed by atoms with Crippen LogP contribution in [-0.4, -0.2) is 22.6 Å². The van der Waals surface area contributed by atoms with Gasteiger partial charge in [-0.3, -0.25) is 4.79 Å². The van der Waals surface area contributed by atoms with Gasteiger partial charge in [0.1, 0.15) is 11.6 Å². The summed E-state index contributed by atoms with van der Waals surface area (Å²) in [6.45, 7) is 0.564. The molecular weight excluding hydrogens is 259 g/mol. The Labute approximate surface area is 116 Å². The molecule has 4 nitrogen and oxygen atoms in total. The van der Waals surface area contributed by atoms with E-state index in [1.54, 1.807) is 12.1 Å². The third-order valence-electron chi connectivity index (χ3n) is 3.73. The summed E-state index contributed by atoms with van der Waals surface area (Å²) >= 11 is 0. The summed E-state index contributed by atoms with van der Waals surface area (Å²) in [6, 6.07) is 6.23. The number of halogens is 1. The van der Waals surface area contributed by atoms with Gasteiger partial charge in [-0.25, -0.2) is 9.37 Å². The van der Waals surface area contributed by atoms with Crippen molar-refractivity contribution in [3.63, 3.8) is 0 Å². The number of methoxy groups -OCH3 is 1. The van der Waals surface area contributed by atoms with Gasteiger partial charge in [0, 0.05) is 24.0 Å². The van der Waals surface area contributed by atoms with Crippen LogP contribution in [0.4, 0.5) is 4.39 Å². The number of nitrogens with zero attached hydrogens (tertiary/aromatic N) is 2. The third kappa shape index (κ3) is 2.19. The molecule has 0 saturated carbocycles. The maximum absolute atomic E-state index is 13.0. The van der Waals surface area contributed by atoms with Crippen molar-refractivity contribution in [3.8, 4) is 11.4 Å². The maximum atomic E-state index is 13.0. The lowest BCUT2D eigenvalue weighted by Crippen LogP contribution is -2.27. The molecule has 2 heterocycles. The van der Waals surface area contributed by atoms with Gasteiger partial charge in [-0.1, -0.05) is 0 Å². The lowest BCUT2D eigenvalue weighted by Gasteiger charge is -2.23. The van der Waals surface area contributed by atoms with E-state index in [-0.39, 0.29) is 17.7 Å². The first-order valence-corrected chi connectivity index (χ1v) is 6.57. The lowest BCUT2D eigenvalue weighted by molar-refractivity contribution is -0.146. The summed E-state index contributed by atoms with van der Waals surface area (Å²) in [5.41, 5.74) is 1.95. The van der Waals surface area contributed by atoms with Gasteiger partial charge < -0.3 is 9.30 Å². The van der Waals surface area contributed by atoms with Crippen molar-refractivity contribution >= 4 is 5.97 Å². The van der Waals surface area contributed by atoms with Crippen LogP contribution in [0.25, 0.3) is 11.4 Å². The molecule has 1 atom stereocenters. The molecule has 0 saturated heterocycles. The molecule has 5 heteroatoms. The first-order valence-electron chi connectivity index (χ1n) is 6.57. The van der Waals surface area contributed by atoms with E-state index in [9.17, 15) is 9.18 Å². The standard InChI is InChI=1S/C15H15FN2O2/c1-20-15(19)11-4-7-13-8-17-14(18(13)9-11)10-2-5-12(16)6-3-10/h2-3,5-6,8,11H,4,7,9H2,1H3. The predicted molar refractivity (Wildman–Crippen MR) is 71.4 cm³/mol. The molecule has 0 amide bonds. The van der Waals surface area contributed by atoms with Gasteiger partial charge in [0.15, 0.2) is 0 Å². The highest BCUT2D eigenvalue weighted by atomic mass is 19.1. The Hall–Kier alpha value is -2.17. The second-order valence-electron chi connectivity index (χ2n) is 4.95. The van der Waals surface area contributed by atoms with Crippen LogP contribution in [0.15, 0.2) is 30.5 Å². The smallest absolute Gasteiger partial charge is 0.310 e. The fourth-order valence-corrected chi connectivity index (χ4v) is 2.64. The van der Waals surface area contributed by atoms with Crippen molar-refractivity contribution in [2.75, 3.05) is 7.11 Å². The fraction of sp³-hybridized carbons (Fsp3) is 0.333. The molecule has 0 N–H and O–H groups in total. The molecule has 0 radical (unpaired) electrons. The molecule has 1 aliphatic heterocycles. The minimum Gasteiger partial charge on any atom is -0.469 e. The van der Waals surface area contributed by atoms with Crippen LogP contribution in [0, 0.1) is 11.7 Å². The summed E-state index contributed by atoms with van der Waals surface area (Å²) in [7, 11) is 1.41. The van der Waals surface area contributed by atoms with Gasteiger partial charge in [-0.15, -0.1) is 0 Å². The van der Waals surface area contributed by atoms with E-state index in [1.165, 1.54) is 19.2 Å². The molecule has 0 fully saturated rings. The molecule has 20 heavy (non-hydrogen) atoms. The lowest BCUT2D eigenvalue weighted by atomic mass is 9.98. The van der Waals surface area contributed by atoms with Gasteiger partial charge in [0.2, 0.25) is 0 Å². The van der Waals surface area contributed by atoms with Gasteiger partial charge in [0.05, 0.1) is 13.0 Å². The number of benzene rings is 1. The molecule has 0 aliphatic carbocycles. The van der Waals surface area contributed by atoms with Crippen LogP contribution >= 0.6 is 0 Å². The Morgan fingerprint density at radius 3 is 2.85 bits per heavy atom. The summed E-state index contributed by atoms with van der Waals surface area (Å²) in [5.74, 6) is 0.176. The number of aromatic nitrogens is 2. The van der Waals surface area contributed by atoms with E-state index in [0.717, 1.165) is 29.9 Å². The Morgan fingerprint density at radius 2 is 2.15 bits per heavy atom. The van der Waals surface area contributed by atoms with Gasteiger partial charge in [0.25, 0.3) is 0 Å². The Bertz CT molecular complexity index is 634. The molecule has 1 unspecified atom stereocenters. The summed E-state index contributed by atoms with van der Waals surface area (Å²) in [5, 5.41) is 0. The van der Waals surface area contributed by atoms with E-state index < -0.39 is 0 Å². The number of carbonyl (C=O) groups excluding carboxylic acids is 1. The van der Waals surface area contributed by atoms with Gasteiger partial charge >= 0.3 is 5.97 Å². The topological polar surface area (TPSA) is 44.1 Å². The molecule has 2 aromatic rings. The van der Waals surface area contributed by atoms with Gasteiger partial charge in [-0.2, -0.15) is 0 Å². The number of ether oxygens (including phenoxy) is 1. The van der Waals surface area contributed by atoms with Crippen molar-refractivity contribution in [2.45, 2.75) is 19.4 Å². The Kier molecular flexibility index (Phi) is 3.26. The van der Waals surface area contributed by atoms with Crippen LogP contribution < -0.4 is 0 Å². The number of fused-ring (bicyclic) bond motifs is 1. The quantitative estimate of drug-likeness (QED) is 0.790. The number of aryl methyl sites for hydroxylation is 1. The summed E-state index contributed by atoms with van der Waals surface area (Å²) in [4.78, 5) is 16.1. The zero-order chi connectivity index (χ0) is 14.1.